The molecule has 2 amide bonds. The first-order valence-electron chi connectivity index (χ1n) is 9.34. The lowest BCUT2D eigenvalue weighted by Crippen LogP contribution is -2.28. The van der Waals surface area contributed by atoms with E-state index in [0.29, 0.717) is 11.4 Å². The van der Waals surface area contributed by atoms with Gasteiger partial charge < -0.3 is 15.0 Å². The molecule has 0 aromatic heterocycles. The molecule has 2 aromatic rings. The fraction of sp³-hybridized carbons (Fsp3) is 0.286. The van der Waals surface area contributed by atoms with E-state index in [9.17, 15) is 24.5 Å². The number of nitrogens with zero attached hydrogens (tertiary/aromatic N) is 2. The van der Waals surface area contributed by atoms with E-state index in [0.717, 1.165) is 11.1 Å². The molecule has 3 rings (SSSR count). The Bertz CT molecular complexity index is 1020. The number of benzene rings is 2. The van der Waals surface area contributed by atoms with Crippen molar-refractivity contribution in [3.05, 3.63) is 63.7 Å². The number of nitro groups is 1. The lowest BCUT2D eigenvalue weighted by atomic mass is 10.1. The molecule has 30 heavy (non-hydrogen) atoms. The first kappa shape index (κ1) is 21.0. The van der Waals surface area contributed by atoms with Crippen LogP contribution in [0.25, 0.3) is 0 Å². The molecular formula is C21H21N3O6. The third-order valence-corrected chi connectivity index (χ3v) is 5.03. The zero-order chi connectivity index (χ0) is 21.8. The molecule has 0 aliphatic carbocycles. The number of aryl methyl sites for hydroxylation is 1. The van der Waals surface area contributed by atoms with Crippen molar-refractivity contribution in [3.8, 4) is 0 Å². The molecule has 1 heterocycles. The van der Waals surface area contributed by atoms with Crippen molar-refractivity contribution >= 4 is 34.8 Å². The van der Waals surface area contributed by atoms with E-state index in [2.05, 4.69) is 5.32 Å². The van der Waals surface area contributed by atoms with Gasteiger partial charge in [-0.1, -0.05) is 18.2 Å². The number of rotatable bonds is 6. The van der Waals surface area contributed by atoms with E-state index in [1.54, 1.807) is 12.1 Å². The lowest BCUT2D eigenvalue weighted by Gasteiger charge is -2.16. The minimum absolute atomic E-state index is 0.0391. The van der Waals surface area contributed by atoms with Crippen LogP contribution < -0.4 is 10.2 Å². The molecule has 2 aromatic carbocycles. The normalized spacial score (nSPS) is 15.7. The predicted octanol–water partition coefficient (Wildman–Crippen LogP) is 2.75. The lowest BCUT2D eigenvalue weighted by molar-refractivity contribution is -0.384. The fourth-order valence-corrected chi connectivity index (χ4v) is 3.22. The maximum Gasteiger partial charge on any atom is 0.311 e. The third-order valence-electron chi connectivity index (χ3n) is 5.03. The second-order valence-electron chi connectivity index (χ2n) is 7.09. The van der Waals surface area contributed by atoms with Crippen molar-refractivity contribution < 1.29 is 24.0 Å². The number of amides is 2. The van der Waals surface area contributed by atoms with E-state index >= 15 is 0 Å². The number of anilines is 2. The molecule has 9 nitrogen and oxygen atoms in total. The molecule has 0 unspecified atom stereocenters. The molecule has 1 saturated heterocycles. The minimum Gasteiger partial charge on any atom is -0.455 e. The molecule has 0 saturated carbocycles. The van der Waals surface area contributed by atoms with Gasteiger partial charge in [0.05, 0.1) is 16.5 Å². The number of hydrogen-bond donors (Lipinski definition) is 1. The van der Waals surface area contributed by atoms with Gasteiger partial charge in [-0.3, -0.25) is 24.5 Å². The number of nitro benzene ring substituents is 1. The number of carbonyl (C=O) groups is 3. The maximum atomic E-state index is 12.3. The highest BCUT2D eigenvalue weighted by molar-refractivity contribution is 6.00. The first-order valence-corrected chi connectivity index (χ1v) is 9.34. The first-order chi connectivity index (χ1) is 14.3. The number of carbonyl (C=O) groups excluding carboxylic acids is 3. The zero-order valence-corrected chi connectivity index (χ0v) is 16.6. The molecule has 0 spiro atoms. The average Bonchev–Trinajstić information content (AvgIpc) is 3.11. The summed E-state index contributed by atoms with van der Waals surface area (Å²) in [5.41, 5.74) is 2.79. The van der Waals surface area contributed by atoms with Crippen LogP contribution in [0.2, 0.25) is 0 Å². The molecular weight excluding hydrogens is 390 g/mol. The highest BCUT2D eigenvalue weighted by Crippen LogP contribution is 2.28. The maximum absolute atomic E-state index is 12.3. The van der Waals surface area contributed by atoms with Crippen LogP contribution in [-0.4, -0.2) is 35.9 Å². The Morgan fingerprint density at radius 2 is 1.97 bits per heavy atom. The fourth-order valence-electron chi connectivity index (χ4n) is 3.22. The van der Waals surface area contributed by atoms with Gasteiger partial charge in [-0.2, -0.15) is 0 Å². The molecule has 1 atom stereocenters. The number of hydrogen-bond acceptors (Lipinski definition) is 6. The van der Waals surface area contributed by atoms with E-state index in [4.69, 9.17) is 4.74 Å². The highest BCUT2D eigenvalue weighted by atomic mass is 16.6. The Kier molecular flexibility index (Phi) is 6.10. The van der Waals surface area contributed by atoms with Gasteiger partial charge in [0.25, 0.3) is 11.6 Å². The molecule has 1 aliphatic heterocycles. The quantitative estimate of drug-likeness (QED) is 0.443. The summed E-state index contributed by atoms with van der Waals surface area (Å²) in [5, 5.41) is 13.6. The van der Waals surface area contributed by atoms with E-state index < -0.39 is 29.3 Å². The predicted molar refractivity (Wildman–Crippen MR) is 109 cm³/mol. The number of esters is 1. The molecule has 156 valence electrons. The molecule has 1 fully saturated rings. The summed E-state index contributed by atoms with van der Waals surface area (Å²) in [5.74, 6) is -2.22. The van der Waals surface area contributed by atoms with Crippen LogP contribution in [0.3, 0.4) is 0 Å². The Morgan fingerprint density at radius 1 is 1.23 bits per heavy atom. The van der Waals surface area contributed by atoms with Crippen LogP contribution in [0, 0.1) is 29.9 Å². The smallest absolute Gasteiger partial charge is 0.311 e. The van der Waals surface area contributed by atoms with Crippen LogP contribution in [0.5, 0.6) is 0 Å². The number of nitrogens with one attached hydrogen (secondary N) is 1. The summed E-state index contributed by atoms with van der Waals surface area (Å²) in [6, 6.07) is 11.1. The Labute approximate surface area is 172 Å². The van der Waals surface area contributed by atoms with Gasteiger partial charge in [-0.05, 0) is 37.1 Å². The van der Waals surface area contributed by atoms with Crippen molar-refractivity contribution in [1.82, 2.24) is 0 Å². The van der Waals surface area contributed by atoms with Crippen LogP contribution in [0.4, 0.5) is 17.1 Å². The van der Waals surface area contributed by atoms with Crippen LogP contribution in [0.1, 0.15) is 17.5 Å². The van der Waals surface area contributed by atoms with Gasteiger partial charge in [-0.15, -0.1) is 0 Å². The molecule has 1 aliphatic rings. The average molecular weight is 411 g/mol. The summed E-state index contributed by atoms with van der Waals surface area (Å²) < 4.78 is 5.09. The minimum atomic E-state index is -0.745. The summed E-state index contributed by atoms with van der Waals surface area (Å²) >= 11 is 0. The van der Waals surface area contributed by atoms with Gasteiger partial charge in [0.2, 0.25) is 5.91 Å². The van der Waals surface area contributed by atoms with Gasteiger partial charge in [-0.25, -0.2) is 0 Å². The van der Waals surface area contributed by atoms with Crippen LogP contribution in [-0.2, 0) is 19.1 Å². The van der Waals surface area contributed by atoms with Gasteiger partial charge in [0.1, 0.15) is 0 Å². The van der Waals surface area contributed by atoms with Gasteiger partial charge in [0, 0.05) is 30.8 Å². The molecule has 9 heteroatoms. The topological polar surface area (TPSA) is 119 Å². The summed E-state index contributed by atoms with van der Waals surface area (Å²) in [6.07, 6.45) is -0.0832. The largest absolute Gasteiger partial charge is 0.455 e. The number of ether oxygens (including phenoxy) is 1. The number of non-ortho nitro benzene ring substituents is 1. The van der Waals surface area contributed by atoms with Crippen molar-refractivity contribution in [3.63, 3.8) is 0 Å². The monoisotopic (exact) mass is 411 g/mol. The van der Waals surface area contributed by atoms with E-state index in [-0.39, 0.29) is 24.6 Å². The Hall–Kier alpha value is -3.75. The molecule has 0 radical (unpaired) electrons. The van der Waals surface area contributed by atoms with Crippen molar-refractivity contribution in [2.45, 2.75) is 20.3 Å². The SMILES string of the molecule is Cc1cccc(NC(=O)COC(=O)[C@@H]2CC(=O)N(c3cccc([N+](=O)[O-])c3)C2)c1C. The van der Waals surface area contributed by atoms with Gasteiger partial charge >= 0.3 is 5.97 Å². The van der Waals surface area contributed by atoms with Gasteiger partial charge in [0.15, 0.2) is 6.61 Å². The van der Waals surface area contributed by atoms with Crippen LogP contribution >= 0.6 is 0 Å². The Morgan fingerprint density at radius 3 is 2.70 bits per heavy atom. The highest BCUT2D eigenvalue weighted by Gasteiger charge is 2.36. The van der Waals surface area contributed by atoms with Crippen molar-refractivity contribution in [2.75, 3.05) is 23.4 Å². The Balaban J connectivity index is 1.57. The molecule has 0 bridgehead atoms. The van der Waals surface area contributed by atoms with Crippen LogP contribution in [0.15, 0.2) is 42.5 Å². The third kappa shape index (κ3) is 4.62. The summed E-state index contributed by atoms with van der Waals surface area (Å²) in [6.45, 7) is 3.38. The standard InChI is InChI=1S/C21H21N3O6/c1-13-5-3-8-18(14(13)2)22-19(25)12-30-21(27)15-9-20(26)23(11-15)16-6-4-7-17(10-16)24(28)29/h3-8,10,15H,9,11-12H2,1-2H3,(H,22,25)/t15-/m1/s1. The second-order valence-corrected chi connectivity index (χ2v) is 7.09. The van der Waals surface area contributed by atoms with E-state index in [1.165, 1.54) is 23.1 Å². The van der Waals surface area contributed by atoms with E-state index in [1.807, 2.05) is 26.0 Å². The van der Waals surface area contributed by atoms with Crippen molar-refractivity contribution in [1.29, 1.82) is 0 Å². The van der Waals surface area contributed by atoms with Crippen molar-refractivity contribution in [2.24, 2.45) is 5.92 Å². The second kappa shape index (κ2) is 8.73. The summed E-state index contributed by atoms with van der Waals surface area (Å²) in [4.78, 5) is 48.4. The zero-order valence-electron chi connectivity index (χ0n) is 16.6. The summed E-state index contributed by atoms with van der Waals surface area (Å²) in [7, 11) is 0. The molecule has 1 N–H and O–H groups in total.